The minimum Gasteiger partial charge on any atom is -0.491 e. The summed E-state index contributed by atoms with van der Waals surface area (Å²) < 4.78 is 10.9. The van der Waals surface area contributed by atoms with E-state index in [0.29, 0.717) is 17.9 Å². The Balaban J connectivity index is 1.84. The molecule has 0 spiro atoms. The fourth-order valence-electron chi connectivity index (χ4n) is 1.91. The first-order valence-electron chi connectivity index (χ1n) is 6.09. The minimum atomic E-state index is -0.461. The van der Waals surface area contributed by atoms with E-state index in [0.717, 1.165) is 32.8 Å². The van der Waals surface area contributed by atoms with Crippen molar-refractivity contribution in [1.29, 1.82) is 0 Å². The van der Waals surface area contributed by atoms with E-state index in [4.69, 9.17) is 15.2 Å². The van der Waals surface area contributed by atoms with Gasteiger partial charge in [0.25, 0.3) is 5.91 Å². The number of carbonyl (C=O) groups excluding carboxylic acids is 1. The van der Waals surface area contributed by atoms with Crippen molar-refractivity contribution < 1.29 is 14.3 Å². The first kappa shape index (κ1) is 12.9. The van der Waals surface area contributed by atoms with Crippen molar-refractivity contribution in [3.05, 3.63) is 29.8 Å². The van der Waals surface area contributed by atoms with Crippen LogP contribution in [-0.4, -0.2) is 50.3 Å². The van der Waals surface area contributed by atoms with E-state index < -0.39 is 5.91 Å². The van der Waals surface area contributed by atoms with Gasteiger partial charge >= 0.3 is 0 Å². The fourth-order valence-corrected chi connectivity index (χ4v) is 1.91. The van der Waals surface area contributed by atoms with E-state index in [-0.39, 0.29) is 0 Å². The molecule has 1 aromatic carbocycles. The van der Waals surface area contributed by atoms with E-state index in [9.17, 15) is 4.79 Å². The summed E-state index contributed by atoms with van der Waals surface area (Å²) in [5.41, 5.74) is 5.71. The van der Waals surface area contributed by atoms with Gasteiger partial charge in [-0.15, -0.1) is 0 Å². The molecule has 1 amide bonds. The minimum absolute atomic E-state index is 0.430. The van der Waals surface area contributed by atoms with E-state index in [1.807, 2.05) is 6.07 Å². The van der Waals surface area contributed by atoms with Crippen molar-refractivity contribution in [2.75, 3.05) is 39.5 Å². The molecule has 5 heteroatoms. The van der Waals surface area contributed by atoms with Gasteiger partial charge in [0.05, 0.1) is 18.8 Å². The summed E-state index contributed by atoms with van der Waals surface area (Å²) in [5, 5.41) is 0. The van der Waals surface area contributed by atoms with Gasteiger partial charge < -0.3 is 15.2 Å². The highest BCUT2D eigenvalue weighted by atomic mass is 16.5. The number of benzene rings is 1. The number of primary amides is 1. The number of nitrogens with two attached hydrogens (primary N) is 1. The van der Waals surface area contributed by atoms with Crippen LogP contribution in [0.5, 0.6) is 5.75 Å². The van der Waals surface area contributed by atoms with Gasteiger partial charge in [0, 0.05) is 19.6 Å². The summed E-state index contributed by atoms with van der Waals surface area (Å²) in [6, 6.07) is 7.04. The molecule has 0 aromatic heterocycles. The number of nitrogens with zero attached hydrogens (tertiary/aromatic N) is 1. The van der Waals surface area contributed by atoms with Crippen LogP contribution >= 0.6 is 0 Å². The Kier molecular flexibility index (Phi) is 4.55. The van der Waals surface area contributed by atoms with Crippen LogP contribution in [0.3, 0.4) is 0 Å². The predicted molar refractivity (Wildman–Crippen MR) is 67.7 cm³/mol. The normalized spacial score (nSPS) is 16.4. The van der Waals surface area contributed by atoms with E-state index in [1.54, 1.807) is 18.2 Å². The third kappa shape index (κ3) is 3.45. The number of ether oxygens (including phenoxy) is 2. The molecular weight excluding hydrogens is 232 g/mol. The van der Waals surface area contributed by atoms with Gasteiger partial charge in [-0.05, 0) is 12.1 Å². The number of hydrogen-bond donors (Lipinski definition) is 1. The van der Waals surface area contributed by atoms with Gasteiger partial charge in [-0.3, -0.25) is 9.69 Å². The van der Waals surface area contributed by atoms with E-state index in [2.05, 4.69) is 4.90 Å². The van der Waals surface area contributed by atoms with Gasteiger partial charge in [0.2, 0.25) is 0 Å². The third-order valence-electron chi connectivity index (χ3n) is 2.92. The Labute approximate surface area is 106 Å². The van der Waals surface area contributed by atoms with Crippen molar-refractivity contribution in [2.45, 2.75) is 0 Å². The number of rotatable bonds is 5. The molecule has 18 heavy (non-hydrogen) atoms. The maximum atomic E-state index is 11.2. The molecule has 5 nitrogen and oxygen atoms in total. The smallest absolute Gasteiger partial charge is 0.252 e. The number of hydrogen-bond acceptors (Lipinski definition) is 4. The molecular formula is C13H18N2O3. The topological polar surface area (TPSA) is 64.8 Å². The quantitative estimate of drug-likeness (QED) is 0.826. The van der Waals surface area contributed by atoms with E-state index >= 15 is 0 Å². The zero-order valence-electron chi connectivity index (χ0n) is 10.3. The van der Waals surface area contributed by atoms with Crippen LogP contribution in [0.1, 0.15) is 10.4 Å². The first-order chi connectivity index (χ1) is 8.77. The second-order valence-electron chi connectivity index (χ2n) is 4.16. The Hall–Kier alpha value is -1.59. The van der Waals surface area contributed by atoms with Crippen LogP contribution < -0.4 is 10.5 Å². The van der Waals surface area contributed by atoms with Crippen molar-refractivity contribution in [3.63, 3.8) is 0 Å². The summed E-state index contributed by atoms with van der Waals surface area (Å²) in [4.78, 5) is 13.5. The largest absolute Gasteiger partial charge is 0.491 e. The number of morpholine rings is 1. The lowest BCUT2D eigenvalue weighted by molar-refractivity contribution is 0.0322. The summed E-state index contributed by atoms with van der Waals surface area (Å²) in [6.07, 6.45) is 0. The van der Waals surface area contributed by atoms with Gasteiger partial charge in [-0.1, -0.05) is 12.1 Å². The average molecular weight is 250 g/mol. The average Bonchev–Trinajstić information content (AvgIpc) is 2.40. The molecule has 2 rings (SSSR count). The lowest BCUT2D eigenvalue weighted by Gasteiger charge is -2.26. The molecule has 0 aliphatic carbocycles. The molecule has 0 bridgehead atoms. The molecule has 1 heterocycles. The summed E-state index contributed by atoms with van der Waals surface area (Å²) in [7, 11) is 0. The van der Waals surface area contributed by atoms with Gasteiger partial charge in [0.15, 0.2) is 0 Å². The second-order valence-corrected chi connectivity index (χ2v) is 4.16. The fraction of sp³-hybridized carbons (Fsp3) is 0.462. The van der Waals surface area contributed by atoms with Crippen molar-refractivity contribution in [2.24, 2.45) is 5.73 Å². The first-order valence-corrected chi connectivity index (χ1v) is 6.09. The summed E-state index contributed by atoms with van der Waals surface area (Å²) in [6.45, 7) is 4.79. The van der Waals surface area contributed by atoms with Gasteiger partial charge in [-0.25, -0.2) is 0 Å². The lowest BCUT2D eigenvalue weighted by Crippen LogP contribution is -2.38. The SMILES string of the molecule is NC(=O)c1ccccc1OCCN1CCOCC1. The highest BCUT2D eigenvalue weighted by Crippen LogP contribution is 2.17. The molecule has 0 atom stereocenters. The van der Waals surface area contributed by atoms with Crippen molar-refractivity contribution in [3.8, 4) is 5.75 Å². The molecule has 2 N–H and O–H groups in total. The van der Waals surface area contributed by atoms with E-state index in [1.165, 1.54) is 0 Å². The predicted octanol–water partition coefficient (Wildman–Crippen LogP) is 0.496. The molecule has 1 aromatic rings. The molecule has 0 unspecified atom stereocenters. The maximum Gasteiger partial charge on any atom is 0.252 e. The standard InChI is InChI=1S/C13H18N2O3/c14-13(16)11-3-1-2-4-12(11)18-10-7-15-5-8-17-9-6-15/h1-4H,5-10H2,(H2,14,16). The van der Waals surface area contributed by atoms with Gasteiger partial charge in [0.1, 0.15) is 12.4 Å². The molecule has 0 radical (unpaired) electrons. The molecule has 1 fully saturated rings. The van der Waals surface area contributed by atoms with Crippen LogP contribution in [-0.2, 0) is 4.74 Å². The van der Waals surface area contributed by atoms with Crippen LogP contribution in [0.15, 0.2) is 24.3 Å². The molecule has 0 saturated carbocycles. The number of carbonyl (C=O) groups is 1. The number of para-hydroxylation sites is 1. The van der Waals surface area contributed by atoms with Crippen molar-refractivity contribution in [1.82, 2.24) is 4.90 Å². The molecule has 1 aliphatic rings. The second kappa shape index (κ2) is 6.37. The van der Waals surface area contributed by atoms with Crippen molar-refractivity contribution >= 4 is 5.91 Å². The highest BCUT2D eigenvalue weighted by Gasteiger charge is 2.11. The maximum absolute atomic E-state index is 11.2. The highest BCUT2D eigenvalue weighted by molar-refractivity contribution is 5.95. The zero-order chi connectivity index (χ0) is 12.8. The van der Waals surface area contributed by atoms with Crippen LogP contribution in [0.4, 0.5) is 0 Å². The van der Waals surface area contributed by atoms with Crippen LogP contribution in [0, 0.1) is 0 Å². The van der Waals surface area contributed by atoms with Crippen LogP contribution in [0.2, 0.25) is 0 Å². The van der Waals surface area contributed by atoms with Gasteiger partial charge in [-0.2, -0.15) is 0 Å². The molecule has 98 valence electrons. The monoisotopic (exact) mass is 250 g/mol. The Morgan fingerprint density at radius 2 is 2.06 bits per heavy atom. The Morgan fingerprint density at radius 1 is 1.33 bits per heavy atom. The Bertz CT molecular complexity index is 403. The summed E-state index contributed by atoms with van der Waals surface area (Å²) >= 11 is 0. The lowest BCUT2D eigenvalue weighted by atomic mass is 10.2. The third-order valence-corrected chi connectivity index (χ3v) is 2.92. The molecule has 1 aliphatic heterocycles. The summed E-state index contributed by atoms with van der Waals surface area (Å²) in [5.74, 6) is 0.0928. The Morgan fingerprint density at radius 3 is 2.78 bits per heavy atom. The zero-order valence-corrected chi connectivity index (χ0v) is 10.3. The molecule has 1 saturated heterocycles. The number of amides is 1. The van der Waals surface area contributed by atoms with Crippen LogP contribution in [0.25, 0.3) is 0 Å².